The van der Waals surface area contributed by atoms with Gasteiger partial charge in [-0.1, -0.05) is 135 Å². The molecule has 0 aromatic heterocycles. The van der Waals surface area contributed by atoms with Crippen molar-refractivity contribution in [1.29, 1.82) is 0 Å². The molecule has 0 amide bonds. The van der Waals surface area contributed by atoms with Crippen molar-refractivity contribution >= 4 is 56.6 Å². The lowest BCUT2D eigenvalue weighted by Gasteiger charge is -2.14. The second-order valence-corrected chi connectivity index (χ2v) is 9.50. The zero-order chi connectivity index (χ0) is 24.5. The zero-order valence-electron chi connectivity index (χ0n) is 21.0. The predicted octanol–water partition coefficient (Wildman–Crippen LogP) is 10.0. The SMILES string of the molecule is CCc1ccccc1/C=C/c1ccc2ccc3c(/C=C/c4ccccc4CC)ccc4ccc1c2c43. The van der Waals surface area contributed by atoms with Gasteiger partial charge in [0.15, 0.2) is 0 Å². The third-order valence-corrected chi connectivity index (χ3v) is 7.49. The fraction of sp³-hybridized carbons (Fsp3) is 0.111. The lowest BCUT2D eigenvalue weighted by atomic mass is 9.89. The van der Waals surface area contributed by atoms with Crippen LogP contribution in [0.1, 0.15) is 47.2 Å². The van der Waals surface area contributed by atoms with Gasteiger partial charge in [-0.2, -0.15) is 0 Å². The molecule has 174 valence electrons. The first-order valence-electron chi connectivity index (χ1n) is 13.0. The number of hydrogen-bond acceptors (Lipinski definition) is 0. The van der Waals surface area contributed by atoms with E-state index >= 15 is 0 Å². The summed E-state index contributed by atoms with van der Waals surface area (Å²) >= 11 is 0. The Labute approximate surface area is 213 Å². The van der Waals surface area contributed by atoms with E-state index in [1.54, 1.807) is 0 Å². The van der Waals surface area contributed by atoms with E-state index in [0.29, 0.717) is 0 Å². The summed E-state index contributed by atoms with van der Waals surface area (Å²) in [6.07, 6.45) is 11.2. The molecule has 0 spiro atoms. The molecule has 0 aliphatic heterocycles. The number of benzene rings is 6. The van der Waals surface area contributed by atoms with Crippen molar-refractivity contribution in [3.8, 4) is 0 Å². The van der Waals surface area contributed by atoms with Crippen LogP contribution in [0.4, 0.5) is 0 Å². The number of aryl methyl sites for hydroxylation is 2. The van der Waals surface area contributed by atoms with E-state index in [0.717, 1.165) is 12.8 Å². The van der Waals surface area contributed by atoms with Crippen LogP contribution in [0.15, 0.2) is 97.1 Å². The van der Waals surface area contributed by atoms with Crippen LogP contribution >= 0.6 is 0 Å². The van der Waals surface area contributed by atoms with Crippen molar-refractivity contribution in [1.82, 2.24) is 0 Å². The molecule has 0 bridgehead atoms. The Bertz CT molecular complexity index is 1610. The maximum absolute atomic E-state index is 2.29. The molecule has 0 nitrogen and oxygen atoms in total. The summed E-state index contributed by atoms with van der Waals surface area (Å²) in [5.74, 6) is 0. The quantitative estimate of drug-likeness (QED) is 0.171. The van der Waals surface area contributed by atoms with Gasteiger partial charge in [-0.15, -0.1) is 0 Å². The topological polar surface area (TPSA) is 0 Å². The molecule has 0 saturated heterocycles. The average molecular weight is 463 g/mol. The van der Waals surface area contributed by atoms with Gasteiger partial charge in [0.1, 0.15) is 0 Å². The molecule has 0 unspecified atom stereocenters. The molecule has 0 heteroatoms. The van der Waals surface area contributed by atoms with Gasteiger partial charge in [-0.05, 0) is 78.5 Å². The minimum Gasteiger partial charge on any atom is -0.0620 e. The van der Waals surface area contributed by atoms with E-state index in [2.05, 4.69) is 135 Å². The van der Waals surface area contributed by atoms with Gasteiger partial charge < -0.3 is 0 Å². The highest BCUT2D eigenvalue weighted by molar-refractivity contribution is 6.25. The highest BCUT2D eigenvalue weighted by Gasteiger charge is 2.12. The fourth-order valence-corrected chi connectivity index (χ4v) is 5.53. The molecule has 6 rings (SSSR count). The van der Waals surface area contributed by atoms with Crippen LogP contribution in [-0.4, -0.2) is 0 Å². The van der Waals surface area contributed by atoms with Crippen molar-refractivity contribution in [2.45, 2.75) is 26.7 Å². The first-order chi connectivity index (χ1) is 17.8. The van der Waals surface area contributed by atoms with Crippen molar-refractivity contribution in [2.24, 2.45) is 0 Å². The standard InChI is InChI=1S/C36H30/c1-3-25-9-5-7-11-27(25)13-15-29-17-19-31-22-24-34-30(16-14-28-12-8-6-10-26(28)4-2)18-20-32-21-23-33(29)35(31)36(32)34/h5-24H,3-4H2,1-2H3/b15-13+,16-14+. The average Bonchev–Trinajstić information content (AvgIpc) is 2.94. The van der Waals surface area contributed by atoms with Crippen molar-refractivity contribution in [3.05, 3.63) is 130 Å². The van der Waals surface area contributed by atoms with E-state index in [-0.39, 0.29) is 0 Å². The van der Waals surface area contributed by atoms with Crippen molar-refractivity contribution in [3.63, 3.8) is 0 Å². The predicted molar refractivity (Wildman–Crippen MR) is 160 cm³/mol. The fourth-order valence-electron chi connectivity index (χ4n) is 5.53. The Morgan fingerprint density at radius 2 is 0.806 bits per heavy atom. The molecule has 0 fully saturated rings. The van der Waals surface area contributed by atoms with Gasteiger partial charge in [-0.25, -0.2) is 0 Å². The summed E-state index contributed by atoms with van der Waals surface area (Å²) in [6.45, 7) is 4.44. The second kappa shape index (κ2) is 9.47. The van der Waals surface area contributed by atoms with Crippen LogP contribution in [-0.2, 0) is 12.8 Å². The van der Waals surface area contributed by atoms with E-state index in [1.807, 2.05) is 0 Å². The normalized spacial score (nSPS) is 12.2. The summed E-state index contributed by atoms with van der Waals surface area (Å²) in [6, 6.07) is 35.6. The molecule has 0 radical (unpaired) electrons. The van der Waals surface area contributed by atoms with Gasteiger partial charge in [-0.3, -0.25) is 0 Å². The van der Waals surface area contributed by atoms with Gasteiger partial charge >= 0.3 is 0 Å². The third kappa shape index (κ3) is 3.89. The maximum atomic E-state index is 2.29. The molecule has 0 heterocycles. The summed E-state index contributed by atoms with van der Waals surface area (Å²) in [7, 11) is 0. The molecule has 0 saturated carbocycles. The Hall–Kier alpha value is -4.16. The van der Waals surface area contributed by atoms with Crippen molar-refractivity contribution < 1.29 is 0 Å². The summed E-state index contributed by atoms with van der Waals surface area (Å²) in [5.41, 5.74) is 7.89. The molecule has 6 aromatic rings. The molecular formula is C36H30. The first kappa shape index (κ1) is 22.3. The monoisotopic (exact) mass is 462 g/mol. The van der Waals surface area contributed by atoms with Crippen LogP contribution in [0, 0.1) is 0 Å². The van der Waals surface area contributed by atoms with Crippen molar-refractivity contribution in [2.75, 3.05) is 0 Å². The smallest absolute Gasteiger partial charge is 0.00206 e. The van der Waals surface area contributed by atoms with Crippen LogP contribution in [0.3, 0.4) is 0 Å². The van der Waals surface area contributed by atoms with E-state index in [1.165, 1.54) is 65.7 Å². The lowest BCUT2D eigenvalue weighted by Crippen LogP contribution is -1.89. The lowest BCUT2D eigenvalue weighted by molar-refractivity contribution is 1.13. The van der Waals surface area contributed by atoms with Gasteiger partial charge in [0.25, 0.3) is 0 Å². The van der Waals surface area contributed by atoms with E-state index in [4.69, 9.17) is 0 Å². The molecule has 0 aliphatic carbocycles. The maximum Gasteiger partial charge on any atom is -0.00206 e. The van der Waals surface area contributed by atoms with E-state index < -0.39 is 0 Å². The largest absolute Gasteiger partial charge is 0.0620 e. The summed E-state index contributed by atoms with van der Waals surface area (Å²) in [4.78, 5) is 0. The Kier molecular flexibility index (Phi) is 5.87. The molecule has 0 N–H and O–H groups in total. The van der Waals surface area contributed by atoms with Gasteiger partial charge in [0.2, 0.25) is 0 Å². The third-order valence-electron chi connectivity index (χ3n) is 7.49. The minimum atomic E-state index is 1.04. The molecule has 36 heavy (non-hydrogen) atoms. The van der Waals surface area contributed by atoms with Crippen LogP contribution < -0.4 is 0 Å². The molecular weight excluding hydrogens is 432 g/mol. The highest BCUT2D eigenvalue weighted by atomic mass is 14.2. The minimum absolute atomic E-state index is 1.04. The Balaban J connectivity index is 1.50. The van der Waals surface area contributed by atoms with Crippen LogP contribution in [0.5, 0.6) is 0 Å². The van der Waals surface area contributed by atoms with Gasteiger partial charge in [0.05, 0.1) is 0 Å². The Morgan fingerprint density at radius 3 is 1.25 bits per heavy atom. The summed E-state index contributed by atoms with van der Waals surface area (Å²) in [5, 5.41) is 7.94. The van der Waals surface area contributed by atoms with Crippen LogP contribution in [0.2, 0.25) is 0 Å². The Morgan fingerprint density at radius 1 is 0.417 bits per heavy atom. The van der Waals surface area contributed by atoms with E-state index in [9.17, 15) is 0 Å². The molecule has 0 aliphatic rings. The number of rotatable bonds is 6. The number of hydrogen-bond donors (Lipinski definition) is 0. The molecule has 0 atom stereocenters. The first-order valence-corrected chi connectivity index (χ1v) is 13.0. The zero-order valence-corrected chi connectivity index (χ0v) is 21.0. The highest BCUT2D eigenvalue weighted by Crippen LogP contribution is 2.38. The molecule has 6 aromatic carbocycles. The summed E-state index contributed by atoms with van der Waals surface area (Å²) < 4.78 is 0. The van der Waals surface area contributed by atoms with Gasteiger partial charge in [0, 0.05) is 0 Å². The van der Waals surface area contributed by atoms with Crippen LogP contribution in [0.25, 0.3) is 56.6 Å². The second-order valence-electron chi connectivity index (χ2n) is 9.50.